The van der Waals surface area contributed by atoms with Crippen molar-refractivity contribution in [1.29, 1.82) is 0 Å². The van der Waals surface area contributed by atoms with Crippen LogP contribution in [0.1, 0.15) is 45.2 Å². The highest BCUT2D eigenvalue weighted by atomic mass is 19.1. The van der Waals surface area contributed by atoms with E-state index >= 15 is 0 Å². The highest BCUT2D eigenvalue weighted by molar-refractivity contribution is 6.10. The van der Waals surface area contributed by atoms with E-state index in [0.717, 1.165) is 26.2 Å². The summed E-state index contributed by atoms with van der Waals surface area (Å²) in [6.45, 7) is 8.39. The maximum Gasteiger partial charge on any atom is 0.276 e. The van der Waals surface area contributed by atoms with Crippen molar-refractivity contribution in [2.24, 2.45) is 0 Å². The number of piperazine rings is 1. The number of benzene rings is 2. The van der Waals surface area contributed by atoms with Crippen LogP contribution in [0, 0.1) is 5.82 Å². The van der Waals surface area contributed by atoms with E-state index in [1.165, 1.54) is 30.6 Å². The molecule has 11 heteroatoms. The molecule has 1 aliphatic rings. The van der Waals surface area contributed by atoms with Gasteiger partial charge in [0.1, 0.15) is 11.5 Å². The van der Waals surface area contributed by atoms with Crippen molar-refractivity contribution in [1.82, 2.24) is 25.1 Å². The summed E-state index contributed by atoms with van der Waals surface area (Å²) in [5, 5.41) is 8.36. The van der Waals surface area contributed by atoms with Gasteiger partial charge in [0.05, 0.1) is 6.33 Å². The Kier molecular flexibility index (Phi) is 8.18. The molecule has 1 fully saturated rings. The molecule has 1 aromatic heterocycles. The van der Waals surface area contributed by atoms with E-state index in [9.17, 15) is 18.8 Å². The standard InChI is InChI=1S/C27H32FN7O3/c1-27(2,35-14-12-34(3)13-15-35)16-29-25(37)22-23(31-17-30-22)26(38)33-21-10-8-20(9-11-21)32-24(36)18-4-6-19(28)7-5-18/h4-11,17H,12-16H2,1-3H3,(H,29,37)(H,30,31)(H,32,36)(H,33,38). The molecule has 2 heterocycles. The maximum atomic E-state index is 13.1. The van der Waals surface area contributed by atoms with Gasteiger partial charge in [0, 0.05) is 55.2 Å². The molecule has 0 atom stereocenters. The van der Waals surface area contributed by atoms with Gasteiger partial charge in [-0.15, -0.1) is 0 Å². The Labute approximate surface area is 220 Å². The molecule has 4 rings (SSSR count). The summed E-state index contributed by atoms with van der Waals surface area (Å²) in [4.78, 5) is 49.5. The quantitative estimate of drug-likeness (QED) is 0.362. The number of carbonyl (C=O) groups is 3. The van der Waals surface area contributed by atoms with Gasteiger partial charge in [-0.05, 0) is 69.4 Å². The van der Waals surface area contributed by atoms with Crippen LogP contribution >= 0.6 is 0 Å². The minimum Gasteiger partial charge on any atom is -0.349 e. The number of anilines is 2. The maximum absolute atomic E-state index is 13.1. The van der Waals surface area contributed by atoms with Gasteiger partial charge in [-0.2, -0.15) is 0 Å². The molecule has 0 unspecified atom stereocenters. The Balaban J connectivity index is 1.33. The SMILES string of the molecule is CN1CCN(C(C)(C)CNC(=O)c2[nH]cnc2C(=O)Nc2ccc(NC(=O)c3ccc(F)cc3)cc2)CC1. The van der Waals surface area contributed by atoms with Crippen molar-refractivity contribution in [3.63, 3.8) is 0 Å². The second-order valence-corrected chi connectivity index (χ2v) is 9.90. The summed E-state index contributed by atoms with van der Waals surface area (Å²) in [5.74, 6) is -1.76. The molecule has 0 aliphatic carbocycles. The number of nitrogens with one attached hydrogen (secondary N) is 4. The van der Waals surface area contributed by atoms with Crippen molar-refractivity contribution in [3.8, 4) is 0 Å². The van der Waals surface area contributed by atoms with E-state index in [2.05, 4.69) is 56.6 Å². The van der Waals surface area contributed by atoms with Crippen LogP contribution in [0.4, 0.5) is 15.8 Å². The van der Waals surface area contributed by atoms with Gasteiger partial charge in [0.25, 0.3) is 17.7 Å². The van der Waals surface area contributed by atoms with Gasteiger partial charge >= 0.3 is 0 Å². The molecule has 1 aliphatic heterocycles. The van der Waals surface area contributed by atoms with E-state index in [1.807, 2.05) is 0 Å². The van der Waals surface area contributed by atoms with Gasteiger partial charge in [-0.1, -0.05) is 0 Å². The third-order valence-corrected chi connectivity index (χ3v) is 6.63. The Morgan fingerprint density at radius 3 is 2.08 bits per heavy atom. The number of hydrogen-bond donors (Lipinski definition) is 4. The number of amides is 3. The number of carbonyl (C=O) groups excluding carboxylic acids is 3. The van der Waals surface area contributed by atoms with E-state index < -0.39 is 17.6 Å². The first kappa shape index (κ1) is 27.0. The number of halogens is 1. The van der Waals surface area contributed by atoms with Crippen molar-refractivity contribution >= 4 is 29.1 Å². The lowest BCUT2D eigenvalue weighted by atomic mass is 10.0. The van der Waals surface area contributed by atoms with Crippen LogP contribution in [0.5, 0.6) is 0 Å². The van der Waals surface area contributed by atoms with E-state index in [-0.39, 0.29) is 22.8 Å². The van der Waals surface area contributed by atoms with E-state index in [4.69, 9.17) is 0 Å². The number of hydrogen-bond acceptors (Lipinski definition) is 6. The molecule has 2 aromatic carbocycles. The minimum atomic E-state index is -0.544. The first-order chi connectivity index (χ1) is 18.1. The Hall–Kier alpha value is -4.09. The predicted molar refractivity (Wildman–Crippen MR) is 143 cm³/mol. The summed E-state index contributed by atoms with van der Waals surface area (Å²) in [6.07, 6.45) is 1.31. The minimum absolute atomic E-state index is 0.0198. The second-order valence-electron chi connectivity index (χ2n) is 9.90. The summed E-state index contributed by atoms with van der Waals surface area (Å²) in [6, 6.07) is 11.7. The first-order valence-corrected chi connectivity index (χ1v) is 12.4. The van der Waals surface area contributed by atoms with Crippen molar-refractivity contribution in [3.05, 3.63) is 77.6 Å². The van der Waals surface area contributed by atoms with Crippen LogP contribution in [0.25, 0.3) is 0 Å². The Bertz CT molecular complexity index is 1280. The third kappa shape index (κ3) is 6.61. The molecular weight excluding hydrogens is 489 g/mol. The largest absolute Gasteiger partial charge is 0.349 e. The normalized spacial score (nSPS) is 14.6. The summed E-state index contributed by atoms with van der Waals surface area (Å²) < 4.78 is 13.1. The number of nitrogens with zero attached hydrogens (tertiary/aromatic N) is 3. The fourth-order valence-electron chi connectivity index (χ4n) is 4.18. The molecule has 3 amide bonds. The Morgan fingerprint density at radius 1 is 0.895 bits per heavy atom. The molecule has 4 N–H and O–H groups in total. The number of aromatic nitrogens is 2. The number of H-pyrrole nitrogens is 1. The van der Waals surface area contributed by atoms with Gasteiger partial charge in [-0.3, -0.25) is 19.3 Å². The van der Waals surface area contributed by atoms with Crippen molar-refractivity contribution in [2.45, 2.75) is 19.4 Å². The number of imidazole rings is 1. The monoisotopic (exact) mass is 521 g/mol. The van der Waals surface area contributed by atoms with Gasteiger partial charge in [-0.25, -0.2) is 9.37 Å². The highest BCUT2D eigenvalue weighted by Gasteiger charge is 2.30. The molecule has 38 heavy (non-hydrogen) atoms. The topological polar surface area (TPSA) is 122 Å². The zero-order valence-corrected chi connectivity index (χ0v) is 21.7. The van der Waals surface area contributed by atoms with E-state index in [1.54, 1.807) is 24.3 Å². The number of aromatic amines is 1. The highest BCUT2D eigenvalue weighted by Crippen LogP contribution is 2.18. The lowest BCUT2D eigenvalue weighted by Gasteiger charge is -2.43. The van der Waals surface area contributed by atoms with Crippen LogP contribution in [0.3, 0.4) is 0 Å². The molecule has 0 bridgehead atoms. The summed E-state index contributed by atoms with van der Waals surface area (Å²) in [7, 11) is 2.10. The zero-order chi connectivity index (χ0) is 27.3. The molecule has 0 radical (unpaired) electrons. The van der Waals surface area contributed by atoms with Crippen LogP contribution in [-0.4, -0.2) is 82.8 Å². The molecular formula is C27H32FN7O3. The molecule has 0 spiro atoms. The molecule has 10 nitrogen and oxygen atoms in total. The van der Waals surface area contributed by atoms with Crippen molar-refractivity contribution in [2.75, 3.05) is 50.4 Å². The smallest absolute Gasteiger partial charge is 0.276 e. The lowest BCUT2D eigenvalue weighted by Crippen LogP contribution is -2.57. The van der Waals surface area contributed by atoms with Crippen LogP contribution < -0.4 is 16.0 Å². The molecule has 1 saturated heterocycles. The van der Waals surface area contributed by atoms with Crippen LogP contribution in [-0.2, 0) is 0 Å². The predicted octanol–water partition coefficient (Wildman–Crippen LogP) is 2.81. The Morgan fingerprint density at radius 2 is 1.47 bits per heavy atom. The van der Waals surface area contributed by atoms with Gasteiger partial charge in [0.2, 0.25) is 0 Å². The second kappa shape index (κ2) is 11.5. The fourth-order valence-corrected chi connectivity index (χ4v) is 4.18. The van der Waals surface area contributed by atoms with E-state index in [0.29, 0.717) is 23.5 Å². The van der Waals surface area contributed by atoms with Gasteiger partial charge in [0.15, 0.2) is 5.69 Å². The summed E-state index contributed by atoms with van der Waals surface area (Å²) >= 11 is 0. The van der Waals surface area contributed by atoms with Gasteiger partial charge < -0.3 is 25.8 Å². The molecule has 0 saturated carbocycles. The first-order valence-electron chi connectivity index (χ1n) is 12.4. The summed E-state index contributed by atoms with van der Waals surface area (Å²) in [5.41, 5.74) is 1.10. The molecule has 3 aromatic rings. The third-order valence-electron chi connectivity index (χ3n) is 6.63. The zero-order valence-electron chi connectivity index (χ0n) is 21.7. The fraction of sp³-hybridized carbons (Fsp3) is 0.333. The van der Waals surface area contributed by atoms with Crippen LogP contribution in [0.2, 0.25) is 0 Å². The average molecular weight is 522 g/mol. The van der Waals surface area contributed by atoms with Crippen LogP contribution in [0.15, 0.2) is 54.9 Å². The van der Waals surface area contributed by atoms with Crippen molar-refractivity contribution < 1.29 is 18.8 Å². The molecule has 200 valence electrons. The number of rotatable bonds is 8. The lowest BCUT2D eigenvalue weighted by molar-refractivity contribution is 0.0586. The average Bonchev–Trinajstić information content (AvgIpc) is 3.39. The number of likely N-dealkylation sites (N-methyl/N-ethyl adjacent to an activating group) is 1.